The van der Waals surface area contributed by atoms with Crippen LogP contribution in [0.5, 0.6) is 5.88 Å². The number of hydrogen-bond acceptors (Lipinski definition) is 5. The number of alkyl halides is 2. The lowest BCUT2D eigenvalue weighted by Crippen LogP contribution is -2.42. The topological polar surface area (TPSA) is 63.3 Å². The number of nitrogens with zero attached hydrogens (tertiary/aromatic N) is 3. The number of aromatic nitrogens is 3. The Hall–Kier alpha value is -1.85. The van der Waals surface area contributed by atoms with Crippen LogP contribution in [0.3, 0.4) is 0 Å². The molecule has 1 N–H and O–H groups in total. The number of aryl methyl sites for hydroxylation is 1. The number of nitrogens with one attached hydrogen (secondary N) is 1. The van der Waals surface area contributed by atoms with Gasteiger partial charge in [-0.1, -0.05) is 0 Å². The van der Waals surface area contributed by atoms with Crippen LogP contribution >= 0.6 is 22.6 Å². The molecule has 1 aromatic carbocycles. The Morgan fingerprint density at radius 2 is 2.07 bits per heavy atom. The Bertz CT molecular complexity index is 1030. The van der Waals surface area contributed by atoms with Crippen molar-refractivity contribution in [2.75, 3.05) is 40.0 Å². The van der Waals surface area contributed by atoms with E-state index in [1.54, 1.807) is 25.1 Å². The van der Waals surface area contributed by atoms with E-state index < -0.39 is 5.92 Å². The Kier molecular flexibility index (Phi) is 5.71. The van der Waals surface area contributed by atoms with Crippen LogP contribution in [-0.4, -0.2) is 59.8 Å². The van der Waals surface area contributed by atoms with Crippen LogP contribution in [0.15, 0.2) is 24.4 Å². The predicted molar refractivity (Wildman–Crippen MR) is 114 cm³/mol. The normalized spacial score (nSPS) is 15.8. The summed E-state index contributed by atoms with van der Waals surface area (Å²) in [5.41, 5.74) is 2.62. The lowest BCUT2D eigenvalue weighted by molar-refractivity contribution is -0.0616. The number of aromatic amines is 1. The third-order valence-corrected chi connectivity index (χ3v) is 5.92. The molecule has 29 heavy (non-hydrogen) atoms. The average molecular weight is 514 g/mol. The van der Waals surface area contributed by atoms with Gasteiger partial charge in [-0.3, -0.25) is 4.90 Å². The smallest absolute Gasteiger partial charge is 0.285 e. The van der Waals surface area contributed by atoms with E-state index in [9.17, 15) is 0 Å². The minimum absolute atomic E-state index is 0.0166. The standard InChI is InChI=1S/C20H21F2IN4O2/c1-12-9-13(20(21,22)11-27-5-7-29-8-6-27)10-15-17(12)26-18(25-15)16-14(23)3-4-24-19(16)28-2/h3-4,9-10H,5-8,11H2,1-2H3,(H,25,26). The second-order valence-corrected chi connectivity index (χ2v) is 8.21. The van der Waals surface area contributed by atoms with E-state index in [2.05, 4.69) is 37.5 Å². The highest BCUT2D eigenvalue weighted by molar-refractivity contribution is 14.1. The van der Waals surface area contributed by atoms with Crippen molar-refractivity contribution in [1.29, 1.82) is 0 Å². The molecule has 1 saturated heterocycles. The number of ether oxygens (including phenoxy) is 2. The first-order valence-electron chi connectivity index (χ1n) is 9.26. The Morgan fingerprint density at radius 3 is 2.79 bits per heavy atom. The Balaban J connectivity index is 1.73. The molecule has 6 nitrogen and oxygen atoms in total. The van der Waals surface area contributed by atoms with Gasteiger partial charge in [-0.25, -0.2) is 9.97 Å². The average Bonchev–Trinajstić information content (AvgIpc) is 3.12. The third kappa shape index (κ3) is 4.08. The molecule has 154 valence electrons. The maximum absolute atomic E-state index is 15.0. The number of halogens is 3. The molecule has 1 aliphatic rings. The maximum atomic E-state index is 15.0. The monoisotopic (exact) mass is 514 g/mol. The molecule has 0 spiro atoms. The number of fused-ring (bicyclic) bond motifs is 1. The third-order valence-electron chi connectivity index (χ3n) is 5.02. The number of methoxy groups -OCH3 is 1. The van der Waals surface area contributed by atoms with Crippen LogP contribution < -0.4 is 4.74 Å². The van der Waals surface area contributed by atoms with Crippen molar-refractivity contribution in [3.05, 3.63) is 39.1 Å². The lowest BCUT2D eigenvalue weighted by atomic mass is 10.0. The molecule has 3 aromatic rings. The molecule has 2 aromatic heterocycles. The number of pyridine rings is 1. The van der Waals surface area contributed by atoms with Gasteiger partial charge in [-0.15, -0.1) is 0 Å². The fourth-order valence-electron chi connectivity index (χ4n) is 3.54. The number of morpholine rings is 1. The molecule has 1 aliphatic heterocycles. The van der Waals surface area contributed by atoms with E-state index in [-0.39, 0.29) is 12.1 Å². The summed E-state index contributed by atoms with van der Waals surface area (Å²) in [6.45, 7) is 3.49. The fourth-order valence-corrected chi connectivity index (χ4v) is 4.19. The van der Waals surface area contributed by atoms with Crippen molar-refractivity contribution in [3.8, 4) is 17.3 Å². The number of benzene rings is 1. The minimum atomic E-state index is -2.97. The molecule has 1 fully saturated rings. The summed E-state index contributed by atoms with van der Waals surface area (Å²) in [6.07, 6.45) is 1.66. The van der Waals surface area contributed by atoms with Gasteiger partial charge in [0.05, 0.1) is 43.5 Å². The molecule has 0 bridgehead atoms. The van der Waals surface area contributed by atoms with Crippen LogP contribution in [0.4, 0.5) is 8.78 Å². The summed E-state index contributed by atoms with van der Waals surface area (Å²) in [7, 11) is 1.54. The Labute approximate surface area is 180 Å². The van der Waals surface area contributed by atoms with Crippen molar-refractivity contribution >= 4 is 33.6 Å². The first-order chi connectivity index (χ1) is 13.9. The van der Waals surface area contributed by atoms with E-state index in [0.717, 1.165) is 3.57 Å². The summed E-state index contributed by atoms with van der Waals surface area (Å²) in [6, 6.07) is 4.87. The van der Waals surface area contributed by atoms with Gasteiger partial charge in [0.15, 0.2) is 0 Å². The summed E-state index contributed by atoms with van der Waals surface area (Å²) in [5.74, 6) is -1.99. The van der Waals surface area contributed by atoms with Crippen molar-refractivity contribution < 1.29 is 18.3 Å². The van der Waals surface area contributed by atoms with Crippen LogP contribution in [0, 0.1) is 10.5 Å². The van der Waals surface area contributed by atoms with Crippen LogP contribution in [0.2, 0.25) is 0 Å². The molecule has 3 heterocycles. The summed E-state index contributed by atoms with van der Waals surface area (Å²) in [4.78, 5) is 13.8. The van der Waals surface area contributed by atoms with Gasteiger partial charge in [0, 0.05) is 28.4 Å². The van der Waals surface area contributed by atoms with Gasteiger partial charge in [-0.2, -0.15) is 8.78 Å². The van der Waals surface area contributed by atoms with Gasteiger partial charge in [0.2, 0.25) is 5.88 Å². The summed E-state index contributed by atoms with van der Waals surface area (Å²) >= 11 is 2.18. The first-order valence-corrected chi connectivity index (χ1v) is 10.3. The van der Waals surface area contributed by atoms with E-state index in [1.165, 1.54) is 12.1 Å². The van der Waals surface area contributed by atoms with Gasteiger partial charge in [-0.05, 0) is 53.3 Å². The molecule has 0 saturated carbocycles. The zero-order valence-corrected chi connectivity index (χ0v) is 18.3. The molecule has 0 radical (unpaired) electrons. The zero-order valence-electron chi connectivity index (χ0n) is 16.1. The second kappa shape index (κ2) is 8.11. The predicted octanol–water partition coefficient (Wildman–Crippen LogP) is 3.97. The molecule has 0 aliphatic carbocycles. The van der Waals surface area contributed by atoms with E-state index in [1.807, 2.05) is 6.07 Å². The number of H-pyrrole nitrogens is 1. The molecule has 0 unspecified atom stereocenters. The van der Waals surface area contributed by atoms with Crippen LogP contribution in [0.1, 0.15) is 11.1 Å². The SMILES string of the molecule is COc1nccc(I)c1-c1nc2c(C)cc(C(F)(F)CN3CCOCC3)cc2[nH]1. The minimum Gasteiger partial charge on any atom is -0.480 e. The number of imidazole rings is 1. The largest absolute Gasteiger partial charge is 0.480 e. The highest BCUT2D eigenvalue weighted by Crippen LogP contribution is 2.36. The second-order valence-electron chi connectivity index (χ2n) is 7.04. The van der Waals surface area contributed by atoms with Crippen LogP contribution in [-0.2, 0) is 10.7 Å². The van der Waals surface area contributed by atoms with E-state index >= 15 is 8.78 Å². The van der Waals surface area contributed by atoms with E-state index in [0.29, 0.717) is 60.2 Å². The first kappa shape index (κ1) is 20.4. The number of hydrogen-bond donors (Lipinski definition) is 1. The molecule has 0 amide bonds. The van der Waals surface area contributed by atoms with Gasteiger partial charge in [0.25, 0.3) is 5.92 Å². The number of rotatable bonds is 5. The maximum Gasteiger partial charge on any atom is 0.285 e. The Morgan fingerprint density at radius 1 is 1.31 bits per heavy atom. The highest BCUT2D eigenvalue weighted by atomic mass is 127. The quantitative estimate of drug-likeness (QED) is 0.523. The van der Waals surface area contributed by atoms with Gasteiger partial charge in [0.1, 0.15) is 5.82 Å². The van der Waals surface area contributed by atoms with E-state index in [4.69, 9.17) is 9.47 Å². The van der Waals surface area contributed by atoms with Gasteiger partial charge < -0.3 is 14.5 Å². The fraction of sp³-hybridized carbons (Fsp3) is 0.400. The molecule has 9 heteroatoms. The highest BCUT2D eigenvalue weighted by Gasteiger charge is 2.35. The molecular weight excluding hydrogens is 493 g/mol. The van der Waals surface area contributed by atoms with Crippen molar-refractivity contribution in [2.45, 2.75) is 12.8 Å². The van der Waals surface area contributed by atoms with Crippen molar-refractivity contribution in [2.24, 2.45) is 0 Å². The molecule has 4 rings (SSSR count). The molecule has 0 atom stereocenters. The van der Waals surface area contributed by atoms with Crippen LogP contribution in [0.25, 0.3) is 22.4 Å². The van der Waals surface area contributed by atoms with Gasteiger partial charge >= 0.3 is 0 Å². The lowest BCUT2D eigenvalue weighted by Gasteiger charge is -2.30. The summed E-state index contributed by atoms with van der Waals surface area (Å²) in [5, 5.41) is 0. The van der Waals surface area contributed by atoms with Crippen molar-refractivity contribution in [3.63, 3.8) is 0 Å². The van der Waals surface area contributed by atoms with Crippen molar-refractivity contribution in [1.82, 2.24) is 19.9 Å². The summed E-state index contributed by atoms with van der Waals surface area (Å²) < 4.78 is 41.5. The zero-order chi connectivity index (χ0) is 20.6. The molecular formula is C20H21F2IN4O2.